The molecule has 0 bridgehead atoms. The van der Waals surface area contributed by atoms with Crippen molar-refractivity contribution in [2.45, 2.75) is 45.6 Å². The molecule has 2 N–H and O–H groups in total. The van der Waals surface area contributed by atoms with E-state index in [4.69, 9.17) is 4.74 Å². The van der Waals surface area contributed by atoms with Crippen molar-refractivity contribution in [1.82, 2.24) is 5.32 Å². The van der Waals surface area contributed by atoms with Crippen LogP contribution in [0.15, 0.2) is 18.2 Å². The standard InChI is InChI=1S/C16H24N2O2/c1-3-5-6-10-20-12-7-8-13-14(11-12)18-16(19)15(13)17-9-4-2/h7-8,11,15,17H,3-6,9-10H2,1-2H3,(H,18,19). The number of amides is 1. The van der Waals surface area contributed by atoms with Crippen LogP contribution in [0.2, 0.25) is 0 Å². The monoisotopic (exact) mass is 276 g/mol. The molecule has 4 heteroatoms. The lowest BCUT2D eigenvalue weighted by Crippen LogP contribution is -2.27. The predicted octanol–water partition coefficient (Wildman–Crippen LogP) is 3.25. The molecule has 1 aliphatic rings. The summed E-state index contributed by atoms with van der Waals surface area (Å²) in [6.45, 7) is 5.84. The molecule has 4 nitrogen and oxygen atoms in total. The molecule has 1 atom stereocenters. The summed E-state index contributed by atoms with van der Waals surface area (Å²) >= 11 is 0. The Morgan fingerprint density at radius 2 is 2.10 bits per heavy atom. The van der Waals surface area contributed by atoms with Gasteiger partial charge in [0.15, 0.2) is 0 Å². The van der Waals surface area contributed by atoms with Gasteiger partial charge in [0.2, 0.25) is 5.91 Å². The van der Waals surface area contributed by atoms with Crippen molar-refractivity contribution in [1.29, 1.82) is 0 Å². The second kappa shape index (κ2) is 7.29. The number of benzene rings is 1. The zero-order chi connectivity index (χ0) is 14.4. The van der Waals surface area contributed by atoms with Crippen LogP contribution in [-0.4, -0.2) is 19.1 Å². The second-order valence-electron chi connectivity index (χ2n) is 5.18. The van der Waals surface area contributed by atoms with E-state index in [2.05, 4.69) is 24.5 Å². The lowest BCUT2D eigenvalue weighted by atomic mass is 10.1. The highest BCUT2D eigenvalue weighted by molar-refractivity contribution is 6.02. The fourth-order valence-electron chi connectivity index (χ4n) is 2.36. The number of hydrogen-bond acceptors (Lipinski definition) is 3. The van der Waals surface area contributed by atoms with E-state index in [1.165, 1.54) is 12.8 Å². The molecule has 0 saturated heterocycles. The maximum Gasteiger partial charge on any atom is 0.246 e. The van der Waals surface area contributed by atoms with Crippen molar-refractivity contribution >= 4 is 11.6 Å². The highest BCUT2D eigenvalue weighted by Gasteiger charge is 2.29. The Morgan fingerprint density at radius 3 is 2.85 bits per heavy atom. The predicted molar refractivity (Wildman–Crippen MR) is 81.1 cm³/mol. The summed E-state index contributed by atoms with van der Waals surface area (Å²) in [6.07, 6.45) is 4.46. The fourth-order valence-corrected chi connectivity index (χ4v) is 2.36. The van der Waals surface area contributed by atoms with Gasteiger partial charge in [0.1, 0.15) is 11.8 Å². The molecule has 110 valence electrons. The molecular formula is C16H24N2O2. The van der Waals surface area contributed by atoms with Gasteiger partial charge in [0, 0.05) is 17.3 Å². The van der Waals surface area contributed by atoms with Crippen LogP contribution in [-0.2, 0) is 4.79 Å². The molecule has 0 radical (unpaired) electrons. The first-order valence-corrected chi connectivity index (χ1v) is 7.57. The molecule has 0 fully saturated rings. The molecule has 1 aromatic rings. The second-order valence-corrected chi connectivity index (χ2v) is 5.18. The summed E-state index contributed by atoms with van der Waals surface area (Å²) in [5, 5.41) is 6.18. The number of anilines is 1. The van der Waals surface area contributed by atoms with Gasteiger partial charge in [0.25, 0.3) is 0 Å². The van der Waals surface area contributed by atoms with Crippen LogP contribution in [0.3, 0.4) is 0 Å². The number of carbonyl (C=O) groups excluding carboxylic acids is 1. The van der Waals surface area contributed by atoms with Crippen molar-refractivity contribution in [3.63, 3.8) is 0 Å². The topological polar surface area (TPSA) is 50.4 Å². The molecule has 1 aromatic carbocycles. The third-order valence-corrected chi connectivity index (χ3v) is 3.47. The number of unbranched alkanes of at least 4 members (excludes halogenated alkanes) is 2. The van der Waals surface area contributed by atoms with Crippen molar-refractivity contribution < 1.29 is 9.53 Å². The molecule has 0 spiro atoms. The first-order valence-electron chi connectivity index (χ1n) is 7.57. The fraction of sp³-hybridized carbons (Fsp3) is 0.562. The van der Waals surface area contributed by atoms with Crippen LogP contribution in [0.5, 0.6) is 5.75 Å². The minimum Gasteiger partial charge on any atom is -0.494 e. The lowest BCUT2D eigenvalue weighted by Gasteiger charge is -2.11. The van der Waals surface area contributed by atoms with Crippen LogP contribution < -0.4 is 15.4 Å². The SMILES string of the molecule is CCCCCOc1ccc2c(c1)NC(=O)C2NCCC. The summed E-state index contributed by atoms with van der Waals surface area (Å²) in [4.78, 5) is 11.9. The van der Waals surface area contributed by atoms with Crippen LogP contribution >= 0.6 is 0 Å². The van der Waals surface area contributed by atoms with Gasteiger partial charge in [-0.25, -0.2) is 0 Å². The zero-order valence-corrected chi connectivity index (χ0v) is 12.4. The Kier molecular flexibility index (Phi) is 5.41. The molecule has 2 rings (SSSR count). The first kappa shape index (κ1) is 14.9. The van der Waals surface area contributed by atoms with Gasteiger partial charge >= 0.3 is 0 Å². The van der Waals surface area contributed by atoms with E-state index in [-0.39, 0.29) is 11.9 Å². The van der Waals surface area contributed by atoms with Gasteiger partial charge in [-0.05, 0) is 25.5 Å². The molecule has 1 unspecified atom stereocenters. The smallest absolute Gasteiger partial charge is 0.246 e. The van der Waals surface area contributed by atoms with Crippen molar-refractivity contribution in [2.24, 2.45) is 0 Å². The molecular weight excluding hydrogens is 252 g/mol. The van der Waals surface area contributed by atoms with E-state index in [9.17, 15) is 4.79 Å². The minimum absolute atomic E-state index is 0.0246. The van der Waals surface area contributed by atoms with Gasteiger partial charge in [-0.3, -0.25) is 4.79 Å². The van der Waals surface area contributed by atoms with Crippen molar-refractivity contribution in [3.05, 3.63) is 23.8 Å². The largest absolute Gasteiger partial charge is 0.494 e. The summed E-state index contributed by atoms with van der Waals surface area (Å²) in [5.41, 5.74) is 1.89. The van der Waals surface area contributed by atoms with Gasteiger partial charge < -0.3 is 15.4 Å². The van der Waals surface area contributed by atoms with E-state index in [1.807, 2.05) is 18.2 Å². The maximum atomic E-state index is 11.9. The zero-order valence-electron chi connectivity index (χ0n) is 12.4. The summed E-state index contributed by atoms with van der Waals surface area (Å²) < 4.78 is 5.71. The third kappa shape index (κ3) is 3.51. The van der Waals surface area contributed by atoms with E-state index in [1.54, 1.807) is 0 Å². The molecule has 0 saturated carbocycles. The Labute approximate surface area is 120 Å². The maximum absolute atomic E-state index is 11.9. The van der Waals surface area contributed by atoms with Gasteiger partial charge in [0.05, 0.1) is 6.61 Å². The first-order chi connectivity index (χ1) is 9.76. The Morgan fingerprint density at radius 1 is 1.25 bits per heavy atom. The van der Waals surface area contributed by atoms with E-state index in [0.29, 0.717) is 0 Å². The van der Waals surface area contributed by atoms with E-state index >= 15 is 0 Å². The average Bonchev–Trinajstić information content (AvgIpc) is 2.76. The van der Waals surface area contributed by atoms with Crippen LogP contribution in [0.25, 0.3) is 0 Å². The Hall–Kier alpha value is -1.55. The number of ether oxygens (including phenoxy) is 1. The molecule has 0 aromatic heterocycles. The Balaban J connectivity index is 1.98. The molecule has 1 heterocycles. The summed E-state index contributed by atoms with van der Waals surface area (Å²) in [6, 6.07) is 5.63. The van der Waals surface area contributed by atoms with E-state index in [0.717, 1.165) is 43.0 Å². The van der Waals surface area contributed by atoms with Crippen LogP contribution in [0.1, 0.15) is 51.1 Å². The quantitative estimate of drug-likeness (QED) is 0.717. The summed E-state index contributed by atoms with van der Waals surface area (Å²) in [7, 11) is 0. The molecule has 20 heavy (non-hydrogen) atoms. The van der Waals surface area contributed by atoms with Gasteiger partial charge in [-0.15, -0.1) is 0 Å². The normalized spacial score (nSPS) is 16.9. The van der Waals surface area contributed by atoms with Gasteiger partial charge in [-0.2, -0.15) is 0 Å². The number of hydrogen-bond donors (Lipinski definition) is 2. The van der Waals surface area contributed by atoms with Crippen molar-refractivity contribution in [3.8, 4) is 5.75 Å². The molecule has 1 aliphatic heterocycles. The lowest BCUT2D eigenvalue weighted by molar-refractivity contribution is -0.117. The molecule has 0 aliphatic carbocycles. The highest BCUT2D eigenvalue weighted by atomic mass is 16.5. The Bertz CT molecular complexity index is 460. The average molecular weight is 276 g/mol. The number of nitrogens with one attached hydrogen (secondary N) is 2. The third-order valence-electron chi connectivity index (χ3n) is 3.47. The number of rotatable bonds is 8. The van der Waals surface area contributed by atoms with Crippen molar-refractivity contribution in [2.75, 3.05) is 18.5 Å². The minimum atomic E-state index is -0.223. The molecule has 1 amide bonds. The van der Waals surface area contributed by atoms with E-state index < -0.39 is 0 Å². The number of carbonyl (C=O) groups is 1. The summed E-state index contributed by atoms with van der Waals surface area (Å²) in [5.74, 6) is 0.855. The number of fused-ring (bicyclic) bond motifs is 1. The highest BCUT2D eigenvalue weighted by Crippen LogP contribution is 2.33. The van der Waals surface area contributed by atoms with Crippen LogP contribution in [0, 0.1) is 0 Å². The van der Waals surface area contributed by atoms with Gasteiger partial charge in [-0.1, -0.05) is 32.8 Å². The van der Waals surface area contributed by atoms with Crippen LogP contribution in [0.4, 0.5) is 5.69 Å².